The minimum Gasteiger partial charge on any atom is -0.507 e. The number of thioether (sulfide) groups is 1. The molecule has 48 heavy (non-hydrogen) atoms. The monoisotopic (exact) mass is 689 g/mol. The Kier molecular flexibility index (Phi) is 10.3. The van der Waals surface area contributed by atoms with Crippen molar-refractivity contribution in [3.05, 3.63) is 94.3 Å². The summed E-state index contributed by atoms with van der Waals surface area (Å²) in [5, 5.41) is 20.5. The Labute approximate surface area is 286 Å². The lowest BCUT2D eigenvalue weighted by molar-refractivity contribution is -0.132. The van der Waals surface area contributed by atoms with Gasteiger partial charge in [-0.3, -0.25) is 14.5 Å². The molecule has 12 heteroatoms. The Hall–Kier alpha value is -4.42. The van der Waals surface area contributed by atoms with Gasteiger partial charge in [0.05, 0.1) is 24.8 Å². The molecule has 0 radical (unpaired) electrons. The van der Waals surface area contributed by atoms with Crippen molar-refractivity contribution >= 4 is 45.7 Å². The second kappa shape index (κ2) is 14.8. The summed E-state index contributed by atoms with van der Waals surface area (Å²) in [6.45, 7) is 6.85. The number of carbonyl (C=O) groups excluding carboxylic acids is 2. The lowest BCUT2D eigenvalue weighted by atomic mass is 9.94. The van der Waals surface area contributed by atoms with Crippen LogP contribution in [0.1, 0.15) is 68.3 Å². The molecule has 0 saturated carbocycles. The minimum absolute atomic E-state index is 0.00445. The number of amides is 1. The second-order valence-corrected chi connectivity index (χ2v) is 13.8. The van der Waals surface area contributed by atoms with Gasteiger partial charge in [0.15, 0.2) is 15.8 Å². The summed E-state index contributed by atoms with van der Waals surface area (Å²) < 4.78 is 31.8. The topological polar surface area (TPSA) is 111 Å². The van der Waals surface area contributed by atoms with Gasteiger partial charge >= 0.3 is 5.91 Å². The lowest BCUT2D eigenvalue weighted by Gasteiger charge is -2.23. The molecular weight excluding hydrogens is 654 g/mol. The molecule has 3 heterocycles. The van der Waals surface area contributed by atoms with Crippen molar-refractivity contribution in [3.8, 4) is 17.2 Å². The van der Waals surface area contributed by atoms with Gasteiger partial charge in [-0.05, 0) is 79.4 Å². The summed E-state index contributed by atoms with van der Waals surface area (Å²) in [5.74, 6) is -0.0215. The average Bonchev–Trinajstić information content (AvgIpc) is 3.77. The normalized spacial score (nSPS) is 18.2. The largest absolute Gasteiger partial charge is 0.507 e. The first-order chi connectivity index (χ1) is 23.3. The SMILES string of the molecule is CCCCCOc1ccc(C2/C(=C(/O)c3ccc4c(c3)CC(C)O4)C(=O)C(=O)N2c2nnc(SCc3ccc(F)cc3)s2)cc1OCC. The number of halogens is 1. The van der Waals surface area contributed by atoms with E-state index in [2.05, 4.69) is 17.1 Å². The Morgan fingerprint density at radius 1 is 1.04 bits per heavy atom. The van der Waals surface area contributed by atoms with Crippen molar-refractivity contribution < 1.29 is 33.3 Å². The summed E-state index contributed by atoms with van der Waals surface area (Å²) in [7, 11) is 0. The number of rotatable bonds is 13. The van der Waals surface area contributed by atoms with Crippen molar-refractivity contribution in [2.45, 2.75) is 68.7 Å². The average molecular weight is 690 g/mol. The molecule has 3 aromatic carbocycles. The lowest BCUT2D eigenvalue weighted by Crippen LogP contribution is -2.29. The zero-order valence-electron chi connectivity index (χ0n) is 26.9. The van der Waals surface area contributed by atoms with Crippen LogP contribution in [0.15, 0.2) is 70.6 Å². The molecule has 0 spiro atoms. The van der Waals surface area contributed by atoms with Gasteiger partial charge in [-0.2, -0.15) is 0 Å². The zero-order chi connectivity index (χ0) is 33.8. The van der Waals surface area contributed by atoms with Crippen LogP contribution in [-0.4, -0.2) is 46.3 Å². The molecule has 2 aliphatic rings. The van der Waals surface area contributed by atoms with Crippen molar-refractivity contribution in [1.82, 2.24) is 10.2 Å². The molecule has 1 amide bonds. The number of carbonyl (C=O) groups is 2. The van der Waals surface area contributed by atoms with Gasteiger partial charge in [0, 0.05) is 17.7 Å². The Balaban J connectivity index is 1.39. The van der Waals surface area contributed by atoms with Crippen molar-refractivity contribution in [2.75, 3.05) is 18.1 Å². The summed E-state index contributed by atoms with van der Waals surface area (Å²) in [5.41, 5.74) is 2.68. The van der Waals surface area contributed by atoms with E-state index in [9.17, 15) is 19.1 Å². The third-order valence-corrected chi connectivity index (χ3v) is 10.2. The number of aromatic nitrogens is 2. The van der Waals surface area contributed by atoms with Crippen LogP contribution in [0.25, 0.3) is 5.76 Å². The molecule has 250 valence electrons. The molecule has 0 bridgehead atoms. The number of anilines is 1. The fourth-order valence-electron chi connectivity index (χ4n) is 5.77. The highest BCUT2D eigenvalue weighted by atomic mass is 32.2. The highest BCUT2D eigenvalue weighted by Gasteiger charge is 2.48. The number of aliphatic hydroxyl groups is 1. The van der Waals surface area contributed by atoms with E-state index in [1.54, 1.807) is 48.5 Å². The van der Waals surface area contributed by atoms with E-state index in [0.717, 1.165) is 47.5 Å². The van der Waals surface area contributed by atoms with E-state index in [1.807, 2.05) is 13.8 Å². The first kappa shape index (κ1) is 33.5. The Morgan fingerprint density at radius 2 is 1.85 bits per heavy atom. The zero-order valence-corrected chi connectivity index (χ0v) is 28.5. The fraction of sp³-hybridized carbons (Fsp3) is 0.333. The number of hydrogen-bond donors (Lipinski definition) is 1. The van der Waals surface area contributed by atoms with E-state index in [0.29, 0.717) is 52.4 Å². The second-order valence-electron chi connectivity index (χ2n) is 11.6. The van der Waals surface area contributed by atoms with Crippen LogP contribution in [0.5, 0.6) is 17.2 Å². The van der Waals surface area contributed by atoms with E-state index >= 15 is 0 Å². The van der Waals surface area contributed by atoms with Gasteiger partial charge in [0.25, 0.3) is 5.78 Å². The summed E-state index contributed by atoms with van der Waals surface area (Å²) in [6, 6.07) is 15.7. The van der Waals surface area contributed by atoms with Gasteiger partial charge in [-0.25, -0.2) is 4.39 Å². The molecule has 2 aliphatic heterocycles. The van der Waals surface area contributed by atoms with Crippen molar-refractivity contribution in [3.63, 3.8) is 0 Å². The summed E-state index contributed by atoms with van der Waals surface area (Å²) >= 11 is 2.54. The van der Waals surface area contributed by atoms with Crippen LogP contribution in [0, 0.1) is 5.82 Å². The number of fused-ring (bicyclic) bond motifs is 1. The van der Waals surface area contributed by atoms with E-state index < -0.39 is 17.7 Å². The van der Waals surface area contributed by atoms with Crippen LogP contribution < -0.4 is 19.1 Å². The third-order valence-electron chi connectivity index (χ3n) is 8.08. The maximum atomic E-state index is 13.8. The predicted molar refractivity (Wildman–Crippen MR) is 184 cm³/mol. The number of ether oxygens (including phenoxy) is 3. The molecule has 2 unspecified atom stereocenters. The van der Waals surface area contributed by atoms with Gasteiger partial charge < -0.3 is 19.3 Å². The fourth-order valence-corrected chi connectivity index (χ4v) is 7.59. The molecule has 4 aromatic rings. The third kappa shape index (κ3) is 7.05. The molecule has 9 nitrogen and oxygen atoms in total. The number of ketones is 1. The first-order valence-electron chi connectivity index (χ1n) is 16.0. The van der Waals surface area contributed by atoms with Crippen molar-refractivity contribution in [2.24, 2.45) is 0 Å². The van der Waals surface area contributed by atoms with Gasteiger partial charge in [0.2, 0.25) is 5.13 Å². The van der Waals surface area contributed by atoms with E-state index in [1.165, 1.54) is 28.8 Å². The molecule has 6 rings (SSSR count). The van der Waals surface area contributed by atoms with Crippen LogP contribution in [0.3, 0.4) is 0 Å². The van der Waals surface area contributed by atoms with Gasteiger partial charge in [-0.1, -0.05) is 61.1 Å². The number of aliphatic hydroxyl groups excluding tert-OH is 1. The number of benzene rings is 3. The van der Waals surface area contributed by atoms with Crippen LogP contribution in [-0.2, 0) is 21.8 Å². The van der Waals surface area contributed by atoms with Crippen LogP contribution in [0.4, 0.5) is 9.52 Å². The Morgan fingerprint density at radius 3 is 2.62 bits per heavy atom. The maximum absolute atomic E-state index is 13.8. The highest BCUT2D eigenvalue weighted by Crippen LogP contribution is 2.46. The quantitative estimate of drug-likeness (QED) is 0.0374. The number of Topliss-reactive ketones (excluding diaryl/α,β-unsaturated/α-hetero) is 1. The molecule has 1 aromatic heterocycles. The van der Waals surface area contributed by atoms with E-state index in [4.69, 9.17) is 14.2 Å². The van der Waals surface area contributed by atoms with Crippen LogP contribution >= 0.6 is 23.1 Å². The standard InChI is InChI=1S/C36H36FN3O6S2/c1-4-6-7-16-45-28-15-10-23(19-29(28)44-5-2)31-30(32(41)24-11-14-27-25(18-24)17-21(3)46-27)33(42)34(43)40(31)35-38-39-36(48-35)47-20-22-8-12-26(37)13-9-22/h8-15,18-19,21,31,41H,4-7,16-17,20H2,1-3H3/b32-30-. The van der Waals surface area contributed by atoms with Crippen LogP contribution in [0.2, 0.25) is 0 Å². The predicted octanol–water partition coefficient (Wildman–Crippen LogP) is 7.89. The smallest absolute Gasteiger partial charge is 0.301 e. The number of hydrogen-bond acceptors (Lipinski definition) is 10. The highest BCUT2D eigenvalue weighted by molar-refractivity contribution is 8.00. The van der Waals surface area contributed by atoms with E-state index in [-0.39, 0.29) is 28.4 Å². The molecular formula is C36H36FN3O6S2. The van der Waals surface area contributed by atoms with Gasteiger partial charge in [0.1, 0.15) is 23.4 Å². The van der Waals surface area contributed by atoms with Gasteiger partial charge in [-0.15, -0.1) is 10.2 Å². The molecule has 1 N–H and O–H groups in total. The Bertz CT molecular complexity index is 1840. The van der Waals surface area contributed by atoms with Crippen molar-refractivity contribution in [1.29, 1.82) is 0 Å². The molecule has 1 fully saturated rings. The molecule has 1 saturated heterocycles. The first-order valence-corrected chi connectivity index (χ1v) is 17.8. The molecule has 2 atom stereocenters. The molecule has 0 aliphatic carbocycles. The summed E-state index contributed by atoms with van der Waals surface area (Å²) in [4.78, 5) is 28.9. The maximum Gasteiger partial charge on any atom is 0.301 e. The number of nitrogens with zero attached hydrogens (tertiary/aromatic N) is 3. The minimum atomic E-state index is -1.02. The number of unbranched alkanes of at least 4 members (excludes halogenated alkanes) is 2. The summed E-state index contributed by atoms with van der Waals surface area (Å²) in [6.07, 6.45) is 3.65.